The Labute approximate surface area is 146 Å². The topological polar surface area (TPSA) is 46.9 Å². The minimum atomic E-state index is 0.0450. The lowest BCUT2D eigenvalue weighted by molar-refractivity contribution is -0.121. The summed E-state index contributed by atoms with van der Waals surface area (Å²) in [6, 6.07) is 15.6. The second-order valence-corrected chi connectivity index (χ2v) is 5.98. The van der Waals surface area contributed by atoms with Crippen LogP contribution >= 0.6 is 11.6 Å². The maximum absolute atomic E-state index is 12.0. The van der Waals surface area contributed by atoms with Gasteiger partial charge in [0, 0.05) is 36.1 Å². The lowest BCUT2D eigenvalue weighted by Gasteiger charge is -2.07. The Hall–Kier alpha value is -2.59. The third kappa shape index (κ3) is 4.46. The molecule has 3 rings (SSSR count). The molecule has 0 aliphatic heterocycles. The Morgan fingerprint density at radius 2 is 1.75 bits per heavy atom. The second-order valence-electron chi connectivity index (χ2n) is 5.54. The SMILES string of the molecule is O=C(CCc1ccc(Cl)cc1)NCc1ccc(-n2ccnc2)cc1. The van der Waals surface area contributed by atoms with Crippen molar-refractivity contribution in [3.63, 3.8) is 0 Å². The van der Waals surface area contributed by atoms with E-state index in [4.69, 9.17) is 11.6 Å². The van der Waals surface area contributed by atoms with E-state index in [9.17, 15) is 4.79 Å². The molecule has 24 heavy (non-hydrogen) atoms. The molecular weight excluding hydrogens is 322 g/mol. The molecule has 0 unspecified atom stereocenters. The van der Waals surface area contributed by atoms with E-state index in [1.807, 2.05) is 59.3 Å². The number of imidazole rings is 1. The van der Waals surface area contributed by atoms with Crippen LogP contribution in [-0.2, 0) is 17.8 Å². The molecule has 0 aliphatic carbocycles. The highest BCUT2D eigenvalue weighted by Gasteiger charge is 2.03. The van der Waals surface area contributed by atoms with E-state index < -0.39 is 0 Å². The summed E-state index contributed by atoms with van der Waals surface area (Å²) in [6.45, 7) is 0.531. The van der Waals surface area contributed by atoms with E-state index >= 15 is 0 Å². The van der Waals surface area contributed by atoms with Gasteiger partial charge in [-0.2, -0.15) is 0 Å². The predicted molar refractivity (Wildman–Crippen MR) is 95.2 cm³/mol. The van der Waals surface area contributed by atoms with Crippen LogP contribution < -0.4 is 5.32 Å². The number of carbonyl (C=O) groups excluding carboxylic acids is 1. The van der Waals surface area contributed by atoms with Gasteiger partial charge in [0.1, 0.15) is 0 Å². The van der Waals surface area contributed by atoms with E-state index in [-0.39, 0.29) is 5.91 Å². The lowest BCUT2D eigenvalue weighted by Crippen LogP contribution is -2.22. The van der Waals surface area contributed by atoms with Crippen LogP contribution in [0.4, 0.5) is 0 Å². The molecule has 0 atom stereocenters. The quantitative estimate of drug-likeness (QED) is 0.743. The van der Waals surface area contributed by atoms with Gasteiger partial charge in [0.05, 0.1) is 6.33 Å². The van der Waals surface area contributed by atoms with Gasteiger partial charge in [0.2, 0.25) is 5.91 Å². The predicted octanol–water partition coefficient (Wildman–Crippen LogP) is 3.77. The summed E-state index contributed by atoms with van der Waals surface area (Å²) in [4.78, 5) is 16.0. The van der Waals surface area contributed by atoms with E-state index in [2.05, 4.69) is 10.3 Å². The summed E-state index contributed by atoms with van der Waals surface area (Å²) < 4.78 is 1.94. The number of rotatable bonds is 6. The minimum absolute atomic E-state index is 0.0450. The Kier molecular flexibility index (Phi) is 5.29. The van der Waals surface area contributed by atoms with E-state index in [0.717, 1.165) is 16.8 Å². The van der Waals surface area contributed by atoms with Crippen LogP contribution in [0.15, 0.2) is 67.3 Å². The number of hydrogen-bond donors (Lipinski definition) is 1. The van der Waals surface area contributed by atoms with Crippen molar-refractivity contribution >= 4 is 17.5 Å². The summed E-state index contributed by atoms with van der Waals surface area (Å²) in [5, 5.41) is 3.66. The number of aryl methyl sites for hydroxylation is 1. The largest absolute Gasteiger partial charge is 0.352 e. The fourth-order valence-electron chi connectivity index (χ4n) is 2.40. The zero-order chi connectivity index (χ0) is 16.8. The molecular formula is C19H18ClN3O. The first-order valence-corrected chi connectivity index (χ1v) is 8.17. The summed E-state index contributed by atoms with van der Waals surface area (Å²) >= 11 is 5.85. The minimum Gasteiger partial charge on any atom is -0.352 e. The van der Waals surface area contributed by atoms with Crippen molar-refractivity contribution in [2.45, 2.75) is 19.4 Å². The van der Waals surface area contributed by atoms with Crippen LogP contribution in [0.25, 0.3) is 5.69 Å². The molecule has 0 saturated carbocycles. The van der Waals surface area contributed by atoms with Gasteiger partial charge in [-0.25, -0.2) is 4.98 Å². The average Bonchev–Trinajstić information content (AvgIpc) is 3.14. The number of aromatic nitrogens is 2. The lowest BCUT2D eigenvalue weighted by atomic mass is 10.1. The standard InChI is InChI=1S/C19H18ClN3O/c20-17-6-1-15(2-7-17)5-10-19(24)22-13-16-3-8-18(9-4-16)23-12-11-21-14-23/h1-4,6-9,11-12,14H,5,10,13H2,(H,22,24). The molecule has 0 saturated heterocycles. The molecule has 1 heterocycles. The van der Waals surface area contributed by atoms with Gasteiger partial charge in [-0.05, 0) is 41.8 Å². The van der Waals surface area contributed by atoms with Gasteiger partial charge in [0.25, 0.3) is 0 Å². The molecule has 4 nitrogen and oxygen atoms in total. The molecule has 0 aliphatic rings. The highest BCUT2D eigenvalue weighted by atomic mass is 35.5. The average molecular weight is 340 g/mol. The Morgan fingerprint density at radius 3 is 2.42 bits per heavy atom. The first kappa shape index (κ1) is 16.3. The monoisotopic (exact) mass is 339 g/mol. The molecule has 0 spiro atoms. The van der Waals surface area contributed by atoms with Crippen LogP contribution in [0.5, 0.6) is 0 Å². The first-order valence-electron chi connectivity index (χ1n) is 7.79. The maximum Gasteiger partial charge on any atom is 0.220 e. The van der Waals surface area contributed by atoms with Crippen molar-refractivity contribution in [3.8, 4) is 5.69 Å². The van der Waals surface area contributed by atoms with Gasteiger partial charge < -0.3 is 9.88 Å². The van der Waals surface area contributed by atoms with Crippen molar-refractivity contribution in [1.82, 2.24) is 14.9 Å². The number of carbonyl (C=O) groups is 1. The molecule has 2 aromatic carbocycles. The summed E-state index contributed by atoms with van der Waals surface area (Å²) in [5.41, 5.74) is 3.23. The molecule has 0 radical (unpaired) electrons. The zero-order valence-corrected chi connectivity index (χ0v) is 13.9. The van der Waals surface area contributed by atoms with Crippen LogP contribution in [0.2, 0.25) is 5.02 Å². The smallest absolute Gasteiger partial charge is 0.220 e. The van der Waals surface area contributed by atoms with Crippen molar-refractivity contribution in [2.24, 2.45) is 0 Å². The maximum atomic E-state index is 12.0. The van der Waals surface area contributed by atoms with Crippen molar-refractivity contribution in [2.75, 3.05) is 0 Å². The van der Waals surface area contributed by atoms with Gasteiger partial charge in [-0.15, -0.1) is 0 Å². The number of hydrogen-bond acceptors (Lipinski definition) is 2. The molecule has 1 aromatic heterocycles. The van der Waals surface area contributed by atoms with Crippen LogP contribution in [0.3, 0.4) is 0 Å². The Morgan fingerprint density at radius 1 is 1.04 bits per heavy atom. The van der Waals surface area contributed by atoms with Gasteiger partial charge >= 0.3 is 0 Å². The Bertz CT molecular complexity index is 780. The molecule has 1 amide bonds. The van der Waals surface area contributed by atoms with E-state index in [0.29, 0.717) is 24.4 Å². The molecule has 1 N–H and O–H groups in total. The summed E-state index contributed by atoms with van der Waals surface area (Å²) in [6.07, 6.45) is 6.58. The highest BCUT2D eigenvalue weighted by molar-refractivity contribution is 6.30. The fraction of sp³-hybridized carbons (Fsp3) is 0.158. The number of halogens is 1. The van der Waals surface area contributed by atoms with Crippen molar-refractivity contribution in [1.29, 1.82) is 0 Å². The number of nitrogens with zero attached hydrogens (tertiary/aromatic N) is 2. The van der Waals surface area contributed by atoms with E-state index in [1.54, 1.807) is 12.5 Å². The Balaban J connectivity index is 1.46. The second kappa shape index (κ2) is 7.79. The highest BCUT2D eigenvalue weighted by Crippen LogP contribution is 2.11. The number of amides is 1. The van der Waals surface area contributed by atoms with Gasteiger partial charge in [-0.1, -0.05) is 35.9 Å². The summed E-state index contributed by atoms with van der Waals surface area (Å²) in [7, 11) is 0. The van der Waals surface area contributed by atoms with Gasteiger partial charge in [0.15, 0.2) is 0 Å². The first-order chi connectivity index (χ1) is 11.7. The summed E-state index contributed by atoms with van der Waals surface area (Å²) in [5.74, 6) is 0.0450. The molecule has 0 fully saturated rings. The van der Waals surface area contributed by atoms with Crippen LogP contribution in [0.1, 0.15) is 17.5 Å². The molecule has 3 aromatic rings. The number of benzene rings is 2. The third-order valence-corrected chi connectivity index (χ3v) is 4.03. The molecule has 122 valence electrons. The fourth-order valence-corrected chi connectivity index (χ4v) is 2.52. The van der Waals surface area contributed by atoms with Crippen LogP contribution in [0, 0.1) is 0 Å². The van der Waals surface area contributed by atoms with Gasteiger partial charge in [-0.3, -0.25) is 4.79 Å². The van der Waals surface area contributed by atoms with Crippen molar-refractivity contribution < 1.29 is 4.79 Å². The number of nitrogens with one attached hydrogen (secondary N) is 1. The third-order valence-electron chi connectivity index (χ3n) is 3.78. The normalized spacial score (nSPS) is 10.5. The zero-order valence-electron chi connectivity index (χ0n) is 13.2. The molecule has 0 bridgehead atoms. The van der Waals surface area contributed by atoms with Crippen molar-refractivity contribution in [3.05, 3.63) is 83.4 Å². The van der Waals surface area contributed by atoms with E-state index in [1.165, 1.54) is 0 Å². The van der Waals surface area contributed by atoms with Crippen LogP contribution in [-0.4, -0.2) is 15.5 Å². The molecule has 5 heteroatoms.